The molecule has 0 spiro atoms. The van der Waals surface area contributed by atoms with Gasteiger partial charge in [0.05, 0.1) is 19.4 Å². The predicted octanol–water partition coefficient (Wildman–Crippen LogP) is 3.49. The fourth-order valence-corrected chi connectivity index (χ4v) is 4.81. The van der Waals surface area contributed by atoms with E-state index >= 15 is 0 Å². The molecular weight excluding hydrogens is 503 g/mol. The van der Waals surface area contributed by atoms with Gasteiger partial charge in [0.2, 0.25) is 0 Å². The van der Waals surface area contributed by atoms with E-state index < -0.39 is 5.60 Å². The van der Waals surface area contributed by atoms with Crippen molar-refractivity contribution < 1.29 is 18.7 Å². The Morgan fingerprint density at radius 1 is 1.18 bits per heavy atom. The van der Waals surface area contributed by atoms with Gasteiger partial charge in [0.1, 0.15) is 34.4 Å². The molecule has 1 amide bonds. The van der Waals surface area contributed by atoms with E-state index in [-0.39, 0.29) is 18.0 Å². The van der Waals surface area contributed by atoms with E-state index in [1.807, 2.05) is 26.8 Å². The molecule has 12 heteroatoms. The minimum Gasteiger partial charge on any atom is -0.444 e. The maximum atomic E-state index is 14.1. The first-order valence-electron chi connectivity index (χ1n) is 13.5. The summed E-state index contributed by atoms with van der Waals surface area (Å²) in [5.41, 5.74) is 0.646. The average Bonchev–Trinajstić information content (AvgIpc) is 3.31. The van der Waals surface area contributed by atoms with Crippen LogP contribution in [0, 0.1) is 5.82 Å². The van der Waals surface area contributed by atoms with Crippen molar-refractivity contribution in [1.29, 1.82) is 0 Å². The first kappa shape index (κ1) is 27.1. The Morgan fingerprint density at radius 2 is 1.97 bits per heavy atom. The van der Waals surface area contributed by atoms with Crippen LogP contribution in [0.25, 0.3) is 17.2 Å². The number of halogens is 1. The molecule has 3 aromatic heterocycles. The number of amides is 1. The normalized spacial score (nSPS) is 18.8. The fourth-order valence-electron chi connectivity index (χ4n) is 4.81. The van der Waals surface area contributed by atoms with Crippen LogP contribution in [0.4, 0.5) is 20.8 Å². The monoisotopic (exact) mass is 540 g/mol. The van der Waals surface area contributed by atoms with Gasteiger partial charge in [-0.1, -0.05) is 0 Å². The van der Waals surface area contributed by atoms with Gasteiger partial charge in [0.15, 0.2) is 5.82 Å². The number of piperidine rings is 1. The van der Waals surface area contributed by atoms with Crippen LogP contribution in [-0.4, -0.2) is 99.4 Å². The summed E-state index contributed by atoms with van der Waals surface area (Å²) in [4.78, 5) is 30.7. The zero-order valence-corrected chi connectivity index (χ0v) is 22.8. The highest BCUT2D eigenvalue weighted by atomic mass is 19.1. The fraction of sp³-hybridized carbons (Fsp3) is 0.556. The van der Waals surface area contributed by atoms with Crippen molar-refractivity contribution in [2.45, 2.75) is 45.3 Å². The Bertz CT molecular complexity index is 1290. The number of nitrogens with one attached hydrogen (secondary N) is 2. The summed E-state index contributed by atoms with van der Waals surface area (Å²) < 4.78 is 26.7. The van der Waals surface area contributed by atoms with Crippen LogP contribution in [0.2, 0.25) is 0 Å². The average molecular weight is 541 g/mol. The molecular formula is C27H37FN8O3. The minimum atomic E-state index is -0.547. The highest BCUT2D eigenvalue weighted by Gasteiger charge is 2.28. The lowest BCUT2D eigenvalue weighted by Gasteiger charge is -2.34. The number of nitrogens with zero attached hydrogens (tertiary/aromatic N) is 6. The Hall–Kier alpha value is -3.51. The SMILES string of the molecule is CC(C)(C)OC(=O)N1CCCC(Nc2cc(NCCN3CCOCC3)nc(-c3cnc4ccc(F)cn34)n2)C1. The number of carbonyl (C=O) groups is 1. The van der Waals surface area contributed by atoms with Gasteiger partial charge >= 0.3 is 6.09 Å². The molecule has 2 aliphatic heterocycles. The molecule has 2 N–H and O–H groups in total. The molecule has 0 aliphatic carbocycles. The molecule has 2 saturated heterocycles. The summed E-state index contributed by atoms with van der Waals surface area (Å²) in [6.45, 7) is 11.6. The van der Waals surface area contributed by atoms with Gasteiger partial charge in [-0.25, -0.2) is 24.1 Å². The van der Waals surface area contributed by atoms with Crippen molar-refractivity contribution in [1.82, 2.24) is 29.2 Å². The summed E-state index contributed by atoms with van der Waals surface area (Å²) in [6, 6.07) is 4.87. The molecule has 1 atom stereocenters. The molecule has 0 bridgehead atoms. The Balaban J connectivity index is 1.36. The Labute approximate surface area is 227 Å². The van der Waals surface area contributed by atoms with Crippen LogP contribution in [0.3, 0.4) is 0 Å². The van der Waals surface area contributed by atoms with E-state index in [1.54, 1.807) is 21.6 Å². The largest absolute Gasteiger partial charge is 0.444 e. The molecule has 39 heavy (non-hydrogen) atoms. The van der Waals surface area contributed by atoms with Crippen LogP contribution in [0.5, 0.6) is 0 Å². The number of imidazole rings is 1. The number of morpholine rings is 1. The third kappa shape index (κ3) is 7.12. The lowest BCUT2D eigenvalue weighted by molar-refractivity contribution is 0.0206. The lowest BCUT2D eigenvalue weighted by Crippen LogP contribution is -2.47. The van der Waals surface area contributed by atoms with E-state index in [0.717, 1.165) is 45.7 Å². The molecule has 5 rings (SSSR count). The van der Waals surface area contributed by atoms with Crippen molar-refractivity contribution in [3.05, 3.63) is 36.4 Å². The van der Waals surface area contributed by atoms with Gasteiger partial charge in [-0.15, -0.1) is 0 Å². The maximum Gasteiger partial charge on any atom is 0.410 e. The molecule has 0 radical (unpaired) electrons. The molecule has 2 aliphatic rings. The standard InChI is InChI=1S/C27H37FN8O3/c1-27(2,3)39-26(37)35-9-4-5-20(18-35)31-23-15-22(29-8-10-34-11-13-38-14-12-34)32-25(33-23)21-16-30-24-7-6-19(28)17-36(21)24/h6-7,15-17,20H,4-5,8-14,18H2,1-3H3,(H2,29,31,32,33). The highest BCUT2D eigenvalue weighted by molar-refractivity contribution is 5.68. The minimum absolute atomic E-state index is 0.00477. The molecule has 210 valence electrons. The van der Waals surface area contributed by atoms with Crippen molar-refractivity contribution >= 4 is 23.4 Å². The van der Waals surface area contributed by atoms with Crippen molar-refractivity contribution in [2.24, 2.45) is 0 Å². The summed E-state index contributed by atoms with van der Waals surface area (Å²) in [7, 11) is 0. The van der Waals surface area contributed by atoms with Crippen molar-refractivity contribution in [3.63, 3.8) is 0 Å². The highest BCUT2D eigenvalue weighted by Crippen LogP contribution is 2.24. The van der Waals surface area contributed by atoms with E-state index in [0.29, 0.717) is 48.4 Å². The number of rotatable bonds is 7. The number of anilines is 2. The van der Waals surface area contributed by atoms with Gasteiger partial charge in [0.25, 0.3) is 0 Å². The van der Waals surface area contributed by atoms with Crippen LogP contribution >= 0.6 is 0 Å². The van der Waals surface area contributed by atoms with Gasteiger partial charge in [-0.3, -0.25) is 9.30 Å². The van der Waals surface area contributed by atoms with E-state index in [2.05, 4.69) is 20.5 Å². The van der Waals surface area contributed by atoms with Crippen LogP contribution in [0.1, 0.15) is 33.6 Å². The number of likely N-dealkylation sites (tertiary alicyclic amines) is 1. The van der Waals surface area contributed by atoms with E-state index in [4.69, 9.17) is 19.4 Å². The summed E-state index contributed by atoms with van der Waals surface area (Å²) in [5.74, 6) is 1.33. The molecule has 0 saturated carbocycles. The molecule has 5 heterocycles. The second kappa shape index (κ2) is 11.7. The van der Waals surface area contributed by atoms with E-state index in [1.165, 1.54) is 12.3 Å². The quantitative estimate of drug-likeness (QED) is 0.465. The van der Waals surface area contributed by atoms with Crippen molar-refractivity contribution in [2.75, 3.05) is 63.1 Å². The molecule has 1 unspecified atom stereocenters. The number of aromatic nitrogens is 4. The Morgan fingerprint density at radius 3 is 2.77 bits per heavy atom. The van der Waals surface area contributed by atoms with E-state index in [9.17, 15) is 9.18 Å². The summed E-state index contributed by atoms with van der Waals surface area (Å²) in [5, 5.41) is 6.92. The number of fused-ring (bicyclic) bond motifs is 1. The molecule has 0 aromatic carbocycles. The van der Waals surface area contributed by atoms with Crippen LogP contribution in [0.15, 0.2) is 30.6 Å². The third-order valence-electron chi connectivity index (χ3n) is 6.69. The van der Waals surface area contributed by atoms with Crippen LogP contribution < -0.4 is 10.6 Å². The predicted molar refractivity (Wildman–Crippen MR) is 146 cm³/mol. The molecule has 3 aromatic rings. The van der Waals surface area contributed by atoms with Crippen molar-refractivity contribution in [3.8, 4) is 11.5 Å². The number of ether oxygens (including phenoxy) is 2. The zero-order chi connectivity index (χ0) is 27.4. The molecule has 2 fully saturated rings. The third-order valence-corrected chi connectivity index (χ3v) is 6.69. The smallest absolute Gasteiger partial charge is 0.410 e. The Kier molecular flexibility index (Phi) is 8.12. The zero-order valence-electron chi connectivity index (χ0n) is 22.8. The second-order valence-electron chi connectivity index (χ2n) is 11.0. The number of hydrogen-bond donors (Lipinski definition) is 2. The van der Waals surface area contributed by atoms with Gasteiger partial charge < -0.3 is 25.0 Å². The topological polar surface area (TPSA) is 109 Å². The first-order chi connectivity index (χ1) is 18.7. The van der Waals surface area contributed by atoms with Gasteiger partial charge in [-0.2, -0.15) is 0 Å². The maximum absolute atomic E-state index is 14.1. The van der Waals surface area contributed by atoms with Gasteiger partial charge in [-0.05, 0) is 45.7 Å². The first-order valence-corrected chi connectivity index (χ1v) is 13.5. The van der Waals surface area contributed by atoms with Gasteiger partial charge in [0, 0.05) is 57.6 Å². The molecule has 11 nitrogen and oxygen atoms in total. The number of hydrogen-bond acceptors (Lipinski definition) is 9. The summed E-state index contributed by atoms with van der Waals surface area (Å²) in [6.07, 6.45) is 4.46. The number of pyridine rings is 1. The number of carbonyl (C=O) groups excluding carboxylic acids is 1. The van der Waals surface area contributed by atoms with Crippen LogP contribution in [-0.2, 0) is 9.47 Å². The lowest BCUT2D eigenvalue weighted by atomic mass is 10.1. The summed E-state index contributed by atoms with van der Waals surface area (Å²) >= 11 is 0. The second-order valence-corrected chi connectivity index (χ2v) is 11.0.